The van der Waals surface area contributed by atoms with Gasteiger partial charge in [-0.05, 0) is 25.1 Å². The summed E-state index contributed by atoms with van der Waals surface area (Å²) in [5, 5.41) is 13.7. The van der Waals surface area contributed by atoms with Gasteiger partial charge in [0.25, 0.3) is 5.69 Å². The van der Waals surface area contributed by atoms with Crippen molar-refractivity contribution in [1.29, 1.82) is 0 Å². The van der Waals surface area contributed by atoms with Gasteiger partial charge in [-0.3, -0.25) is 19.8 Å². The summed E-state index contributed by atoms with van der Waals surface area (Å²) in [7, 11) is 0. The Labute approximate surface area is 176 Å². The number of piperazine rings is 1. The summed E-state index contributed by atoms with van der Waals surface area (Å²) in [5.41, 5.74) is -0.0124. The molecule has 2 heterocycles. The molecule has 1 aliphatic rings. The normalized spacial score (nSPS) is 15.0. The summed E-state index contributed by atoms with van der Waals surface area (Å²) in [4.78, 5) is 30.7. The van der Waals surface area contributed by atoms with Crippen molar-refractivity contribution >= 4 is 23.1 Å². The van der Waals surface area contributed by atoms with Gasteiger partial charge in [0, 0.05) is 51.4 Å². The Hall–Kier alpha value is -3.21. The topological polar surface area (TPSA) is 91.6 Å². The van der Waals surface area contributed by atoms with Crippen LogP contribution in [0.15, 0.2) is 36.5 Å². The summed E-state index contributed by atoms with van der Waals surface area (Å²) < 4.78 is 38.0. The molecule has 0 atom stereocenters. The lowest BCUT2D eigenvalue weighted by atomic mass is 10.1. The number of carbonyl (C=O) groups excluding carboxylic acids is 1. The van der Waals surface area contributed by atoms with Gasteiger partial charge in [0.1, 0.15) is 5.82 Å². The van der Waals surface area contributed by atoms with Crippen LogP contribution >= 0.6 is 0 Å². The maximum atomic E-state index is 12.7. The van der Waals surface area contributed by atoms with Crippen LogP contribution in [0.3, 0.4) is 0 Å². The van der Waals surface area contributed by atoms with E-state index in [9.17, 15) is 28.1 Å². The van der Waals surface area contributed by atoms with E-state index in [-0.39, 0.29) is 18.0 Å². The van der Waals surface area contributed by atoms with Crippen LogP contribution in [0.4, 0.5) is 30.4 Å². The molecular formula is C20H22F3N5O3. The van der Waals surface area contributed by atoms with Gasteiger partial charge in [-0.25, -0.2) is 4.98 Å². The first-order valence-corrected chi connectivity index (χ1v) is 9.69. The van der Waals surface area contributed by atoms with E-state index in [1.54, 1.807) is 13.0 Å². The van der Waals surface area contributed by atoms with Crippen molar-refractivity contribution in [2.24, 2.45) is 0 Å². The van der Waals surface area contributed by atoms with Crippen LogP contribution in [0, 0.1) is 17.0 Å². The Kier molecular flexibility index (Phi) is 6.74. The highest BCUT2D eigenvalue weighted by atomic mass is 19.4. The van der Waals surface area contributed by atoms with E-state index in [4.69, 9.17) is 0 Å². The smallest absolute Gasteiger partial charge is 0.354 e. The van der Waals surface area contributed by atoms with Gasteiger partial charge in [0.2, 0.25) is 5.91 Å². The van der Waals surface area contributed by atoms with Crippen molar-refractivity contribution in [3.05, 3.63) is 57.8 Å². The molecule has 3 rings (SSSR count). The number of nitro groups is 1. The average molecular weight is 437 g/mol. The molecule has 8 nitrogen and oxygen atoms in total. The minimum Gasteiger partial charge on any atom is -0.354 e. The number of hydrogen-bond acceptors (Lipinski definition) is 6. The molecule has 1 amide bonds. The van der Waals surface area contributed by atoms with Gasteiger partial charge in [-0.2, -0.15) is 13.2 Å². The molecule has 1 saturated heterocycles. The zero-order chi connectivity index (χ0) is 22.6. The van der Waals surface area contributed by atoms with Crippen LogP contribution in [-0.4, -0.2) is 53.4 Å². The molecule has 1 fully saturated rings. The van der Waals surface area contributed by atoms with Crippen LogP contribution in [0.5, 0.6) is 0 Å². The molecule has 0 radical (unpaired) electrons. The highest BCUT2D eigenvalue weighted by Crippen LogP contribution is 2.29. The Morgan fingerprint density at radius 1 is 1.19 bits per heavy atom. The summed E-state index contributed by atoms with van der Waals surface area (Å²) in [6.07, 6.45) is -3.35. The minimum atomic E-state index is -4.41. The predicted molar refractivity (Wildman–Crippen MR) is 109 cm³/mol. The van der Waals surface area contributed by atoms with E-state index < -0.39 is 16.7 Å². The lowest BCUT2D eigenvalue weighted by Gasteiger charge is -2.35. The highest BCUT2D eigenvalue weighted by Gasteiger charge is 2.31. The SMILES string of the molecule is Cc1c(NC(=O)CCN2CCN(c3ccc(C(F)(F)F)cn3)CC2)cccc1[N+](=O)[O-]. The van der Waals surface area contributed by atoms with E-state index >= 15 is 0 Å². The van der Waals surface area contributed by atoms with Crippen LogP contribution < -0.4 is 10.2 Å². The Balaban J connectivity index is 1.47. The summed E-state index contributed by atoms with van der Waals surface area (Å²) in [6, 6.07) is 6.92. The minimum absolute atomic E-state index is 0.0502. The van der Waals surface area contributed by atoms with E-state index in [2.05, 4.69) is 15.2 Å². The standard InChI is InChI=1S/C20H22F3N5O3/c1-14-16(3-2-4-17(14)28(30)31)25-19(29)7-8-26-9-11-27(12-10-26)18-6-5-15(13-24-18)20(21,22)23/h2-6,13H,7-12H2,1H3,(H,25,29). The number of nitrogens with one attached hydrogen (secondary N) is 1. The molecule has 1 aliphatic heterocycles. The Morgan fingerprint density at radius 3 is 2.48 bits per heavy atom. The number of amides is 1. The van der Waals surface area contributed by atoms with Gasteiger partial charge in [-0.15, -0.1) is 0 Å². The maximum Gasteiger partial charge on any atom is 0.417 e. The van der Waals surface area contributed by atoms with E-state index in [0.29, 0.717) is 49.8 Å². The lowest BCUT2D eigenvalue weighted by Crippen LogP contribution is -2.47. The van der Waals surface area contributed by atoms with Gasteiger partial charge in [-0.1, -0.05) is 6.07 Å². The number of carbonyl (C=O) groups is 1. The molecular weight excluding hydrogens is 415 g/mol. The molecule has 31 heavy (non-hydrogen) atoms. The van der Waals surface area contributed by atoms with Crippen LogP contribution in [-0.2, 0) is 11.0 Å². The number of alkyl halides is 3. The monoisotopic (exact) mass is 437 g/mol. The third-order valence-electron chi connectivity index (χ3n) is 5.20. The second-order valence-electron chi connectivity index (χ2n) is 7.24. The third-order valence-corrected chi connectivity index (χ3v) is 5.20. The molecule has 1 N–H and O–H groups in total. The van der Waals surface area contributed by atoms with E-state index in [0.717, 1.165) is 12.3 Å². The highest BCUT2D eigenvalue weighted by molar-refractivity contribution is 5.92. The van der Waals surface area contributed by atoms with E-state index in [1.165, 1.54) is 18.2 Å². The van der Waals surface area contributed by atoms with Crippen LogP contribution in [0.1, 0.15) is 17.5 Å². The quantitative estimate of drug-likeness (QED) is 0.550. The van der Waals surface area contributed by atoms with Crippen molar-refractivity contribution in [2.75, 3.05) is 42.9 Å². The molecule has 2 aromatic rings. The molecule has 166 valence electrons. The number of pyridine rings is 1. The van der Waals surface area contributed by atoms with Gasteiger partial charge in [0.05, 0.1) is 21.7 Å². The molecule has 0 unspecified atom stereocenters. The fraction of sp³-hybridized carbons (Fsp3) is 0.400. The van der Waals surface area contributed by atoms with Crippen molar-refractivity contribution in [3.63, 3.8) is 0 Å². The van der Waals surface area contributed by atoms with Crippen molar-refractivity contribution in [1.82, 2.24) is 9.88 Å². The fourth-order valence-corrected chi connectivity index (χ4v) is 3.37. The molecule has 11 heteroatoms. The number of halogens is 3. The third kappa shape index (κ3) is 5.69. The van der Waals surface area contributed by atoms with Crippen LogP contribution in [0.2, 0.25) is 0 Å². The van der Waals surface area contributed by atoms with Crippen molar-refractivity contribution in [2.45, 2.75) is 19.5 Å². The number of benzene rings is 1. The Morgan fingerprint density at radius 2 is 1.90 bits per heavy atom. The Bertz CT molecular complexity index is 942. The average Bonchev–Trinajstić information content (AvgIpc) is 2.73. The number of anilines is 2. The number of hydrogen-bond donors (Lipinski definition) is 1. The largest absolute Gasteiger partial charge is 0.417 e. The fourth-order valence-electron chi connectivity index (χ4n) is 3.37. The summed E-state index contributed by atoms with van der Waals surface area (Å²) >= 11 is 0. The molecule has 0 bridgehead atoms. The first-order valence-electron chi connectivity index (χ1n) is 9.69. The van der Waals surface area contributed by atoms with Gasteiger partial charge >= 0.3 is 6.18 Å². The molecule has 0 saturated carbocycles. The number of rotatable bonds is 6. The number of aromatic nitrogens is 1. The zero-order valence-corrected chi connectivity index (χ0v) is 16.9. The summed E-state index contributed by atoms with van der Waals surface area (Å²) in [5.74, 6) is 0.252. The zero-order valence-electron chi connectivity index (χ0n) is 16.9. The number of nitro benzene ring substituents is 1. The molecule has 0 spiro atoms. The van der Waals surface area contributed by atoms with Crippen LogP contribution in [0.25, 0.3) is 0 Å². The number of nitrogens with zero attached hydrogens (tertiary/aromatic N) is 4. The molecule has 0 aliphatic carbocycles. The molecule has 1 aromatic heterocycles. The van der Waals surface area contributed by atoms with Crippen molar-refractivity contribution < 1.29 is 22.9 Å². The molecule has 1 aromatic carbocycles. The maximum absolute atomic E-state index is 12.7. The van der Waals surface area contributed by atoms with Gasteiger partial charge in [0.15, 0.2) is 0 Å². The van der Waals surface area contributed by atoms with E-state index in [1.807, 2.05) is 4.90 Å². The first kappa shape index (κ1) is 22.5. The predicted octanol–water partition coefficient (Wildman–Crippen LogP) is 3.47. The summed E-state index contributed by atoms with van der Waals surface area (Å²) in [6.45, 7) is 4.56. The van der Waals surface area contributed by atoms with Gasteiger partial charge < -0.3 is 10.2 Å². The second-order valence-corrected chi connectivity index (χ2v) is 7.24. The lowest BCUT2D eigenvalue weighted by molar-refractivity contribution is -0.385. The first-order chi connectivity index (χ1) is 14.6. The second kappa shape index (κ2) is 9.29. The van der Waals surface area contributed by atoms with Crippen molar-refractivity contribution in [3.8, 4) is 0 Å².